The summed E-state index contributed by atoms with van der Waals surface area (Å²) < 4.78 is 25.1. The molecule has 1 amide bonds. The third-order valence-electron chi connectivity index (χ3n) is 3.35. The number of carbonyl (C=O) groups is 1. The first-order valence-corrected chi connectivity index (χ1v) is 9.55. The predicted molar refractivity (Wildman–Crippen MR) is 98.0 cm³/mol. The lowest BCUT2D eigenvalue weighted by Crippen LogP contribution is -2.33. The monoisotopic (exact) mass is 377 g/mol. The Morgan fingerprint density at radius 2 is 1.76 bits per heavy atom. The van der Waals surface area contributed by atoms with E-state index in [1.54, 1.807) is 48.5 Å². The van der Waals surface area contributed by atoms with Crippen LogP contribution in [0, 0.1) is 11.3 Å². The van der Waals surface area contributed by atoms with Crippen molar-refractivity contribution in [2.75, 3.05) is 22.4 Å². The minimum atomic E-state index is -3.53. The summed E-state index contributed by atoms with van der Waals surface area (Å²) in [5.41, 5.74) is 1.48. The fourth-order valence-corrected chi connectivity index (χ4v) is 3.20. The van der Waals surface area contributed by atoms with Crippen molar-refractivity contribution >= 4 is 38.9 Å². The van der Waals surface area contributed by atoms with Crippen molar-refractivity contribution < 1.29 is 13.2 Å². The van der Waals surface area contributed by atoms with Gasteiger partial charge in [0.15, 0.2) is 0 Å². The predicted octanol–water partition coefficient (Wildman–Crippen LogP) is 3.01. The highest BCUT2D eigenvalue weighted by atomic mass is 35.5. The fourth-order valence-electron chi connectivity index (χ4n) is 2.15. The molecule has 8 heteroatoms. The average molecular weight is 378 g/mol. The second-order valence-corrected chi connectivity index (χ2v) is 7.64. The number of nitrogens with zero attached hydrogens (tertiary/aromatic N) is 2. The number of amides is 1. The average Bonchev–Trinajstić information content (AvgIpc) is 2.56. The van der Waals surface area contributed by atoms with Crippen LogP contribution in [-0.4, -0.2) is 27.1 Å². The van der Waals surface area contributed by atoms with Crippen LogP contribution >= 0.6 is 11.6 Å². The van der Waals surface area contributed by atoms with Crippen LogP contribution in [0.5, 0.6) is 0 Å². The number of hydrogen-bond donors (Lipinski definition) is 1. The number of nitrogens with one attached hydrogen (secondary N) is 1. The molecule has 0 atom stereocenters. The van der Waals surface area contributed by atoms with Gasteiger partial charge in [-0.05, 0) is 48.5 Å². The van der Waals surface area contributed by atoms with Gasteiger partial charge in [0.05, 0.1) is 23.6 Å². The molecular weight excluding hydrogens is 362 g/mol. The molecule has 0 radical (unpaired) electrons. The maximum Gasteiger partial charge on any atom is 0.232 e. The van der Waals surface area contributed by atoms with Crippen molar-refractivity contribution in [2.45, 2.75) is 6.42 Å². The fraction of sp³-hybridized carbons (Fsp3) is 0.176. The molecule has 0 unspecified atom stereocenters. The largest absolute Gasteiger partial charge is 0.326 e. The van der Waals surface area contributed by atoms with Crippen LogP contribution in [0.3, 0.4) is 0 Å². The molecule has 0 saturated heterocycles. The van der Waals surface area contributed by atoms with Crippen molar-refractivity contribution in [1.29, 1.82) is 5.26 Å². The number of rotatable bonds is 6. The van der Waals surface area contributed by atoms with Crippen LogP contribution in [-0.2, 0) is 14.8 Å². The van der Waals surface area contributed by atoms with Gasteiger partial charge >= 0.3 is 0 Å². The van der Waals surface area contributed by atoms with Crippen molar-refractivity contribution in [3.8, 4) is 6.07 Å². The maximum atomic E-state index is 12.1. The summed E-state index contributed by atoms with van der Waals surface area (Å²) >= 11 is 5.82. The minimum Gasteiger partial charge on any atom is -0.326 e. The van der Waals surface area contributed by atoms with E-state index in [0.717, 1.165) is 10.6 Å². The molecule has 2 rings (SSSR count). The van der Waals surface area contributed by atoms with E-state index in [1.807, 2.05) is 6.07 Å². The van der Waals surface area contributed by atoms with E-state index in [4.69, 9.17) is 16.9 Å². The topological polar surface area (TPSA) is 90.3 Å². The van der Waals surface area contributed by atoms with Gasteiger partial charge in [0.2, 0.25) is 15.9 Å². The Hall–Kier alpha value is -2.56. The highest BCUT2D eigenvalue weighted by Gasteiger charge is 2.18. The number of anilines is 2. The van der Waals surface area contributed by atoms with E-state index in [1.165, 1.54) is 0 Å². The lowest BCUT2D eigenvalue weighted by atomic mass is 10.2. The van der Waals surface area contributed by atoms with E-state index in [9.17, 15) is 13.2 Å². The summed E-state index contributed by atoms with van der Waals surface area (Å²) in [4.78, 5) is 12.1. The van der Waals surface area contributed by atoms with Gasteiger partial charge in [-0.25, -0.2) is 8.42 Å². The minimum absolute atomic E-state index is 0.00256. The van der Waals surface area contributed by atoms with Crippen LogP contribution in [0.15, 0.2) is 48.5 Å². The molecule has 0 heterocycles. The van der Waals surface area contributed by atoms with Gasteiger partial charge in [-0.1, -0.05) is 11.6 Å². The van der Waals surface area contributed by atoms with Crippen molar-refractivity contribution in [2.24, 2.45) is 0 Å². The highest BCUT2D eigenvalue weighted by molar-refractivity contribution is 7.92. The Bertz CT molecular complexity index is 888. The molecule has 0 spiro atoms. The van der Waals surface area contributed by atoms with Crippen LogP contribution in [0.25, 0.3) is 0 Å². The summed E-state index contributed by atoms with van der Waals surface area (Å²) in [6.45, 7) is 0.00256. The van der Waals surface area contributed by atoms with Crippen LogP contribution in [0.4, 0.5) is 11.4 Å². The molecule has 130 valence electrons. The molecule has 25 heavy (non-hydrogen) atoms. The first kappa shape index (κ1) is 18.8. The maximum absolute atomic E-state index is 12.1. The van der Waals surface area contributed by atoms with Crippen LogP contribution in [0.2, 0.25) is 5.02 Å². The standard InChI is InChI=1S/C17H16ClN3O3S/c1-25(23,24)21(16-8-4-14(18)5-9-16)11-10-17(22)20-15-6-2-13(12-19)3-7-15/h2-9H,10-11H2,1H3,(H,20,22). The molecule has 0 fully saturated rings. The first-order valence-electron chi connectivity index (χ1n) is 7.33. The number of carbonyl (C=O) groups excluding carboxylic acids is 1. The molecule has 0 aliphatic rings. The molecule has 0 aliphatic heterocycles. The van der Waals surface area contributed by atoms with E-state index in [2.05, 4.69) is 5.32 Å². The molecular formula is C17H16ClN3O3S. The molecule has 1 N–H and O–H groups in total. The molecule has 0 aromatic heterocycles. The van der Waals surface area contributed by atoms with Crippen molar-refractivity contribution in [3.05, 3.63) is 59.1 Å². The summed E-state index contributed by atoms with van der Waals surface area (Å²) in [6.07, 6.45) is 1.07. The zero-order valence-corrected chi connectivity index (χ0v) is 15.0. The molecule has 0 saturated carbocycles. The van der Waals surface area contributed by atoms with E-state index < -0.39 is 10.0 Å². The third-order valence-corrected chi connectivity index (χ3v) is 4.80. The third kappa shape index (κ3) is 5.48. The van der Waals surface area contributed by atoms with E-state index in [0.29, 0.717) is 22.0 Å². The Labute approximate surface area is 151 Å². The second kappa shape index (κ2) is 8.01. The highest BCUT2D eigenvalue weighted by Crippen LogP contribution is 2.21. The number of sulfonamides is 1. The van der Waals surface area contributed by atoms with Gasteiger partial charge in [0.25, 0.3) is 0 Å². The lowest BCUT2D eigenvalue weighted by molar-refractivity contribution is -0.116. The molecule has 6 nitrogen and oxygen atoms in total. The van der Waals surface area contributed by atoms with Gasteiger partial charge in [-0.3, -0.25) is 9.10 Å². The van der Waals surface area contributed by atoms with Gasteiger partial charge in [-0.2, -0.15) is 5.26 Å². The molecule has 0 aliphatic carbocycles. The Morgan fingerprint density at radius 3 is 2.28 bits per heavy atom. The van der Waals surface area contributed by atoms with Crippen LogP contribution in [0.1, 0.15) is 12.0 Å². The van der Waals surface area contributed by atoms with Crippen LogP contribution < -0.4 is 9.62 Å². The molecule has 2 aromatic carbocycles. The second-order valence-electron chi connectivity index (χ2n) is 5.30. The molecule has 2 aromatic rings. The summed E-state index contributed by atoms with van der Waals surface area (Å²) in [7, 11) is -3.53. The van der Waals surface area contributed by atoms with Gasteiger partial charge in [0.1, 0.15) is 0 Å². The van der Waals surface area contributed by atoms with Gasteiger partial charge < -0.3 is 5.32 Å². The van der Waals surface area contributed by atoms with Crippen molar-refractivity contribution in [3.63, 3.8) is 0 Å². The number of nitriles is 1. The summed E-state index contributed by atoms with van der Waals surface area (Å²) in [5, 5.41) is 11.9. The van der Waals surface area contributed by atoms with Gasteiger partial charge in [-0.15, -0.1) is 0 Å². The van der Waals surface area contributed by atoms with Crippen molar-refractivity contribution in [1.82, 2.24) is 0 Å². The Kier molecular flexibility index (Phi) is 6.02. The zero-order valence-electron chi connectivity index (χ0n) is 13.4. The number of halogens is 1. The van der Waals surface area contributed by atoms with E-state index >= 15 is 0 Å². The quantitative estimate of drug-likeness (QED) is 0.837. The smallest absolute Gasteiger partial charge is 0.232 e. The normalized spacial score (nSPS) is 10.8. The summed E-state index contributed by atoms with van der Waals surface area (Å²) in [5.74, 6) is -0.327. The Balaban J connectivity index is 2.03. The molecule has 0 bridgehead atoms. The number of hydrogen-bond acceptors (Lipinski definition) is 4. The number of benzene rings is 2. The SMILES string of the molecule is CS(=O)(=O)N(CCC(=O)Nc1ccc(C#N)cc1)c1ccc(Cl)cc1. The first-order chi connectivity index (χ1) is 11.8. The van der Waals surface area contributed by atoms with E-state index in [-0.39, 0.29) is 18.9 Å². The Morgan fingerprint density at radius 1 is 1.16 bits per heavy atom. The lowest BCUT2D eigenvalue weighted by Gasteiger charge is -2.22. The van der Waals surface area contributed by atoms with Gasteiger partial charge in [0, 0.05) is 23.7 Å². The summed E-state index contributed by atoms with van der Waals surface area (Å²) in [6, 6.07) is 14.7. The zero-order chi connectivity index (χ0) is 18.4.